The molecule has 10 rings (SSSR count). The molecule has 0 spiro atoms. The van der Waals surface area contributed by atoms with Gasteiger partial charge in [-0.15, -0.1) is 0 Å². The van der Waals surface area contributed by atoms with Crippen LogP contribution in [0.2, 0.25) is 0 Å². The van der Waals surface area contributed by atoms with Crippen LogP contribution in [-0.2, 0) is 0 Å². The summed E-state index contributed by atoms with van der Waals surface area (Å²) in [7, 11) is -2.86. The van der Waals surface area contributed by atoms with Crippen LogP contribution in [0.1, 0.15) is 0 Å². The molecule has 0 saturated heterocycles. The van der Waals surface area contributed by atoms with Gasteiger partial charge >= 0.3 is 0 Å². The zero-order chi connectivity index (χ0) is 33.8. The number of rotatable bonds is 6. The van der Waals surface area contributed by atoms with Crippen LogP contribution in [0.4, 0.5) is 0 Å². The summed E-state index contributed by atoms with van der Waals surface area (Å²) in [6.07, 6.45) is 0. The number of para-hydroxylation sites is 3. The fraction of sp³-hybridized carbons (Fsp3) is 0. The van der Waals surface area contributed by atoms with E-state index >= 15 is 0 Å². The van der Waals surface area contributed by atoms with Crippen LogP contribution in [0.25, 0.3) is 55.0 Å². The third-order valence-electron chi connectivity index (χ3n) is 10.7. The minimum atomic E-state index is -2.86. The van der Waals surface area contributed by atoms with E-state index < -0.39 is 8.07 Å². The Balaban J connectivity index is 1.40. The first-order chi connectivity index (χ1) is 25.3. The normalized spacial score (nSPS) is 11.9. The van der Waals surface area contributed by atoms with Gasteiger partial charge in [-0.3, -0.25) is 0 Å². The molecule has 0 bridgehead atoms. The Bertz CT molecular complexity index is 2690. The van der Waals surface area contributed by atoms with E-state index in [1.165, 1.54) is 64.4 Å². The highest BCUT2D eigenvalue weighted by atomic mass is 28.3. The molecule has 0 aliphatic rings. The van der Waals surface area contributed by atoms with Crippen LogP contribution in [0.15, 0.2) is 206 Å². The monoisotopic (exact) mass is 666 g/mol. The number of benzene rings is 8. The lowest BCUT2D eigenvalue weighted by Crippen LogP contribution is -2.74. The summed E-state index contributed by atoms with van der Waals surface area (Å²) in [6, 6.07) is 76.2. The first-order valence-corrected chi connectivity index (χ1v) is 19.6. The van der Waals surface area contributed by atoms with Gasteiger partial charge in [0.25, 0.3) is 0 Å². The molecule has 8 aromatic carbocycles. The van der Waals surface area contributed by atoms with Crippen molar-refractivity contribution >= 4 is 72.4 Å². The quantitative estimate of drug-likeness (QED) is 0.124. The first kappa shape index (κ1) is 29.5. The van der Waals surface area contributed by atoms with E-state index in [4.69, 9.17) is 0 Å². The van der Waals surface area contributed by atoms with Crippen LogP contribution >= 0.6 is 0 Å². The lowest BCUT2D eigenvalue weighted by Gasteiger charge is -2.35. The second-order valence-corrected chi connectivity index (χ2v) is 17.1. The second kappa shape index (κ2) is 11.9. The second-order valence-electron chi connectivity index (χ2n) is 13.3. The van der Waals surface area contributed by atoms with Crippen molar-refractivity contribution in [1.29, 1.82) is 0 Å². The minimum absolute atomic E-state index is 1.16. The van der Waals surface area contributed by atoms with E-state index in [9.17, 15) is 0 Å². The predicted molar refractivity (Wildman–Crippen MR) is 219 cm³/mol. The van der Waals surface area contributed by atoms with Gasteiger partial charge in [-0.1, -0.05) is 158 Å². The van der Waals surface area contributed by atoms with Crippen molar-refractivity contribution in [3.05, 3.63) is 206 Å². The summed E-state index contributed by atoms with van der Waals surface area (Å²) < 4.78 is 4.90. The molecule has 0 aliphatic carbocycles. The van der Waals surface area contributed by atoms with Gasteiger partial charge in [0.1, 0.15) is 0 Å². The van der Waals surface area contributed by atoms with Crippen molar-refractivity contribution < 1.29 is 0 Å². The van der Waals surface area contributed by atoms with Crippen LogP contribution < -0.4 is 20.7 Å². The largest absolute Gasteiger partial charge is 0.309 e. The minimum Gasteiger partial charge on any atom is -0.309 e. The maximum Gasteiger partial charge on any atom is 0.180 e. The SMILES string of the molecule is c1ccc(-n2c3ccc(-n4c5ccccc5c5ccccc54)cc3c3c([Si](c4ccccc4)(c4ccccc4)c4ccccc4)cccc32)cc1. The van der Waals surface area contributed by atoms with Crippen molar-refractivity contribution in [3.8, 4) is 11.4 Å². The average molecular weight is 667 g/mol. The zero-order valence-corrected chi connectivity index (χ0v) is 29.0. The molecule has 0 saturated carbocycles. The molecule has 0 radical (unpaired) electrons. The van der Waals surface area contributed by atoms with Crippen molar-refractivity contribution in [2.24, 2.45) is 0 Å². The van der Waals surface area contributed by atoms with E-state index in [0.717, 1.165) is 11.4 Å². The summed E-state index contributed by atoms with van der Waals surface area (Å²) >= 11 is 0. The van der Waals surface area contributed by atoms with Gasteiger partial charge in [-0.2, -0.15) is 0 Å². The maximum atomic E-state index is 2.46. The highest BCUT2D eigenvalue weighted by molar-refractivity contribution is 7.20. The van der Waals surface area contributed by atoms with Gasteiger partial charge in [0.15, 0.2) is 8.07 Å². The summed E-state index contributed by atoms with van der Waals surface area (Å²) in [6.45, 7) is 0. The number of hydrogen-bond acceptors (Lipinski definition) is 0. The number of hydrogen-bond donors (Lipinski definition) is 0. The molecule has 0 fully saturated rings. The molecule has 0 atom stereocenters. The van der Waals surface area contributed by atoms with Crippen LogP contribution in [0, 0.1) is 0 Å². The molecule has 10 aromatic rings. The zero-order valence-electron chi connectivity index (χ0n) is 28.0. The highest BCUT2D eigenvalue weighted by Gasteiger charge is 2.43. The number of aromatic nitrogens is 2. The molecule has 51 heavy (non-hydrogen) atoms. The van der Waals surface area contributed by atoms with Crippen molar-refractivity contribution in [1.82, 2.24) is 9.13 Å². The smallest absolute Gasteiger partial charge is 0.180 e. The Morgan fingerprint density at radius 1 is 0.294 bits per heavy atom. The van der Waals surface area contributed by atoms with Gasteiger partial charge in [-0.25, -0.2) is 0 Å². The predicted octanol–water partition coefficient (Wildman–Crippen LogP) is 9.26. The Hall–Kier alpha value is -6.42. The van der Waals surface area contributed by atoms with Crippen molar-refractivity contribution in [3.63, 3.8) is 0 Å². The topological polar surface area (TPSA) is 9.86 Å². The molecule has 2 heterocycles. The molecule has 0 aliphatic heterocycles. The third kappa shape index (κ3) is 4.42. The summed E-state index contributed by atoms with van der Waals surface area (Å²) in [5, 5.41) is 10.6. The van der Waals surface area contributed by atoms with Gasteiger partial charge in [0.2, 0.25) is 0 Å². The average Bonchev–Trinajstić information content (AvgIpc) is 3.73. The molecular formula is C48H34N2Si. The molecule has 0 amide bonds. The molecule has 0 N–H and O–H groups in total. The van der Waals surface area contributed by atoms with E-state index in [0.29, 0.717) is 0 Å². The highest BCUT2D eigenvalue weighted by Crippen LogP contribution is 2.37. The Morgan fingerprint density at radius 2 is 0.725 bits per heavy atom. The molecule has 0 unspecified atom stereocenters. The maximum absolute atomic E-state index is 2.86. The van der Waals surface area contributed by atoms with E-state index in [1.807, 2.05) is 0 Å². The molecule has 2 aromatic heterocycles. The van der Waals surface area contributed by atoms with Gasteiger partial charge in [-0.05, 0) is 69.3 Å². The molecule has 3 heteroatoms. The van der Waals surface area contributed by atoms with Crippen LogP contribution in [0.3, 0.4) is 0 Å². The summed E-state index contributed by atoms with van der Waals surface area (Å²) in [4.78, 5) is 0. The fourth-order valence-electron chi connectivity index (χ4n) is 8.60. The number of nitrogens with zero attached hydrogens (tertiary/aromatic N) is 2. The standard InChI is InChI=1S/C48H34N2Si/c1-5-18-35(19-6-1)49-45-33-32-36(50-43-28-15-13-26-40(43)41-27-14-16-29-44(41)50)34-42(45)48-46(49)30-17-31-47(48)51(37-20-7-2-8-21-37,38-22-9-3-10-23-38)39-24-11-4-12-25-39/h1-34H. The van der Waals surface area contributed by atoms with Crippen molar-refractivity contribution in [2.45, 2.75) is 0 Å². The van der Waals surface area contributed by atoms with Gasteiger partial charge in [0, 0.05) is 32.9 Å². The lowest BCUT2D eigenvalue weighted by atomic mass is 10.1. The van der Waals surface area contributed by atoms with E-state index in [1.54, 1.807) is 0 Å². The molecule has 240 valence electrons. The summed E-state index contributed by atoms with van der Waals surface area (Å²) in [5.41, 5.74) is 7.16. The van der Waals surface area contributed by atoms with E-state index in [-0.39, 0.29) is 0 Å². The van der Waals surface area contributed by atoms with Gasteiger partial charge in [0.05, 0.1) is 22.1 Å². The fourth-order valence-corrected chi connectivity index (χ4v) is 13.6. The Labute approximate surface area is 298 Å². The summed E-state index contributed by atoms with van der Waals surface area (Å²) in [5.74, 6) is 0. The van der Waals surface area contributed by atoms with Crippen LogP contribution in [-0.4, -0.2) is 17.2 Å². The Morgan fingerprint density at radius 3 is 1.27 bits per heavy atom. The molecule has 2 nitrogen and oxygen atoms in total. The third-order valence-corrected chi connectivity index (χ3v) is 15.5. The van der Waals surface area contributed by atoms with Crippen molar-refractivity contribution in [2.75, 3.05) is 0 Å². The van der Waals surface area contributed by atoms with Crippen LogP contribution in [0.5, 0.6) is 0 Å². The van der Waals surface area contributed by atoms with E-state index in [2.05, 4.69) is 215 Å². The Kier molecular flexibility index (Phi) is 6.86. The molecular weight excluding hydrogens is 633 g/mol. The first-order valence-electron chi connectivity index (χ1n) is 17.6. The number of fused-ring (bicyclic) bond motifs is 6. The lowest BCUT2D eigenvalue weighted by molar-refractivity contribution is 1.17. The van der Waals surface area contributed by atoms with Gasteiger partial charge < -0.3 is 9.13 Å².